The van der Waals surface area contributed by atoms with Crippen LogP contribution in [0.3, 0.4) is 0 Å². The molecule has 1 saturated heterocycles. The van der Waals surface area contributed by atoms with Crippen molar-refractivity contribution >= 4 is 23.2 Å². The number of aromatic nitrogens is 1. The van der Waals surface area contributed by atoms with E-state index in [9.17, 15) is 18.0 Å². The highest BCUT2D eigenvalue weighted by Crippen LogP contribution is 2.37. The van der Waals surface area contributed by atoms with Crippen LogP contribution >= 0.6 is 11.6 Å². The number of benzene rings is 2. The zero-order chi connectivity index (χ0) is 24.3. The average molecular weight is 488 g/mol. The van der Waals surface area contributed by atoms with E-state index in [1.807, 2.05) is 13.0 Å². The van der Waals surface area contributed by atoms with E-state index in [1.54, 1.807) is 30.5 Å². The molecule has 0 radical (unpaired) electrons. The summed E-state index contributed by atoms with van der Waals surface area (Å²) in [4.78, 5) is 17.7. The maximum atomic E-state index is 13.1. The summed E-state index contributed by atoms with van der Waals surface area (Å²) in [5, 5.41) is 6.02. The Morgan fingerprint density at radius 3 is 2.74 bits per heavy atom. The zero-order valence-electron chi connectivity index (χ0n) is 18.7. The number of hydrogen-bond donors (Lipinski definition) is 2. The molecule has 1 fully saturated rings. The van der Waals surface area contributed by atoms with Gasteiger partial charge in [-0.1, -0.05) is 30.2 Å². The van der Waals surface area contributed by atoms with Gasteiger partial charge >= 0.3 is 6.18 Å². The minimum atomic E-state index is -4.53. The molecule has 0 saturated carbocycles. The maximum absolute atomic E-state index is 13.1. The van der Waals surface area contributed by atoms with E-state index < -0.39 is 11.7 Å². The normalized spacial score (nSPS) is 16.7. The summed E-state index contributed by atoms with van der Waals surface area (Å²) in [6.07, 6.45) is 0.412. The van der Waals surface area contributed by atoms with E-state index in [0.717, 1.165) is 49.7 Å². The lowest BCUT2D eigenvalue weighted by Crippen LogP contribution is -2.22. The molecule has 178 valence electrons. The topological polar surface area (TPSA) is 54.0 Å². The number of aryl methyl sites for hydroxylation is 1. The van der Waals surface area contributed by atoms with Crippen molar-refractivity contribution in [3.8, 4) is 11.1 Å². The summed E-state index contributed by atoms with van der Waals surface area (Å²) in [5.41, 5.74) is 3.00. The second-order valence-corrected chi connectivity index (χ2v) is 8.92. The van der Waals surface area contributed by atoms with Crippen LogP contribution in [-0.2, 0) is 6.18 Å². The fraction of sp³-hybridized carbons (Fsp3) is 0.308. The van der Waals surface area contributed by atoms with E-state index in [2.05, 4.69) is 15.6 Å². The number of alkyl halides is 3. The van der Waals surface area contributed by atoms with Gasteiger partial charge in [0.05, 0.1) is 22.0 Å². The van der Waals surface area contributed by atoms with Gasteiger partial charge < -0.3 is 10.6 Å². The number of carbonyl (C=O) groups excluding carboxylic acids is 1. The first-order chi connectivity index (χ1) is 16.2. The monoisotopic (exact) mass is 487 g/mol. The Hall–Kier alpha value is -2.90. The van der Waals surface area contributed by atoms with Gasteiger partial charge in [0.2, 0.25) is 0 Å². The molecule has 0 spiro atoms. The zero-order valence-corrected chi connectivity index (χ0v) is 19.4. The summed E-state index contributed by atoms with van der Waals surface area (Å²) in [6, 6.07) is 12.4. The van der Waals surface area contributed by atoms with Crippen molar-refractivity contribution in [3.05, 3.63) is 82.1 Å². The number of halogens is 4. The molecule has 2 aromatic carbocycles. The van der Waals surface area contributed by atoms with Crippen LogP contribution in [0, 0.1) is 6.92 Å². The minimum absolute atomic E-state index is 0.210. The molecule has 1 aromatic heterocycles. The number of pyridine rings is 1. The van der Waals surface area contributed by atoms with Gasteiger partial charge in [0.25, 0.3) is 5.91 Å². The molecule has 0 aliphatic carbocycles. The van der Waals surface area contributed by atoms with E-state index in [4.69, 9.17) is 11.6 Å². The third-order valence-corrected chi connectivity index (χ3v) is 6.42. The highest BCUT2D eigenvalue weighted by molar-refractivity contribution is 6.31. The molecular formula is C26H25ClF3N3O. The van der Waals surface area contributed by atoms with Crippen molar-refractivity contribution in [3.63, 3.8) is 0 Å². The number of nitrogens with zero attached hydrogens (tertiary/aromatic N) is 1. The van der Waals surface area contributed by atoms with Crippen LogP contribution in [0.5, 0.6) is 0 Å². The van der Waals surface area contributed by atoms with Crippen LogP contribution in [0.25, 0.3) is 11.1 Å². The fourth-order valence-electron chi connectivity index (χ4n) is 4.28. The standard InChI is InChI=1S/C26H25ClF3N3O/c1-16-7-8-18(13-20(16)17-9-10-21(22(27)14-17)26(28,29)30)25(34)33-23-6-4-12-32-24(23)19-5-2-3-11-31-15-19/h4,6-10,12-14,19,31H,2-3,5,11,15H2,1H3,(H,33,34). The predicted molar refractivity (Wildman–Crippen MR) is 128 cm³/mol. The summed E-state index contributed by atoms with van der Waals surface area (Å²) >= 11 is 5.92. The molecule has 2 N–H and O–H groups in total. The van der Waals surface area contributed by atoms with Crippen LogP contribution in [0.15, 0.2) is 54.7 Å². The fourth-order valence-corrected chi connectivity index (χ4v) is 4.57. The van der Waals surface area contributed by atoms with Gasteiger partial charge in [-0.05, 0) is 79.4 Å². The smallest absolute Gasteiger partial charge is 0.320 e. The van der Waals surface area contributed by atoms with Crippen molar-refractivity contribution in [2.24, 2.45) is 0 Å². The van der Waals surface area contributed by atoms with Crippen LogP contribution in [-0.4, -0.2) is 24.0 Å². The SMILES string of the molecule is Cc1ccc(C(=O)Nc2cccnc2C2CCCCNC2)cc1-c1ccc(C(F)(F)F)c(Cl)c1. The lowest BCUT2D eigenvalue weighted by atomic mass is 9.96. The van der Waals surface area contributed by atoms with Gasteiger partial charge in [0.1, 0.15) is 0 Å². The third-order valence-electron chi connectivity index (χ3n) is 6.11. The highest BCUT2D eigenvalue weighted by Gasteiger charge is 2.33. The number of carbonyl (C=O) groups is 1. The number of anilines is 1. The Morgan fingerprint density at radius 2 is 1.97 bits per heavy atom. The molecule has 8 heteroatoms. The minimum Gasteiger partial charge on any atom is -0.320 e. The molecule has 34 heavy (non-hydrogen) atoms. The quantitative estimate of drug-likeness (QED) is 0.423. The number of nitrogens with one attached hydrogen (secondary N) is 2. The second kappa shape index (κ2) is 10.2. The molecule has 3 aromatic rings. The molecule has 1 aliphatic heterocycles. The lowest BCUT2D eigenvalue weighted by molar-refractivity contribution is -0.137. The predicted octanol–water partition coefficient (Wildman–Crippen LogP) is 6.84. The first-order valence-electron chi connectivity index (χ1n) is 11.2. The van der Waals surface area contributed by atoms with Gasteiger partial charge in [0, 0.05) is 24.2 Å². The summed E-state index contributed by atoms with van der Waals surface area (Å²) in [5.74, 6) is -0.100. The number of rotatable bonds is 4. The van der Waals surface area contributed by atoms with E-state index in [-0.39, 0.29) is 16.8 Å². The molecule has 1 unspecified atom stereocenters. The van der Waals surface area contributed by atoms with Crippen molar-refractivity contribution in [2.45, 2.75) is 38.3 Å². The molecule has 2 heterocycles. The summed E-state index contributed by atoms with van der Waals surface area (Å²) in [6.45, 7) is 3.62. The molecule has 4 rings (SSSR count). The highest BCUT2D eigenvalue weighted by atomic mass is 35.5. The first-order valence-corrected chi connectivity index (χ1v) is 11.6. The van der Waals surface area contributed by atoms with Crippen molar-refractivity contribution in [2.75, 3.05) is 18.4 Å². The van der Waals surface area contributed by atoms with Crippen LogP contribution < -0.4 is 10.6 Å². The third kappa shape index (κ3) is 5.42. The largest absolute Gasteiger partial charge is 0.417 e. The van der Waals surface area contributed by atoms with E-state index in [1.165, 1.54) is 12.1 Å². The molecule has 1 amide bonds. The van der Waals surface area contributed by atoms with Crippen molar-refractivity contribution < 1.29 is 18.0 Å². The molecule has 1 atom stereocenters. The van der Waals surface area contributed by atoms with Crippen LogP contribution in [0.2, 0.25) is 5.02 Å². The number of amides is 1. The Bertz CT molecular complexity index is 1190. The lowest BCUT2D eigenvalue weighted by Gasteiger charge is -2.18. The van der Waals surface area contributed by atoms with Gasteiger partial charge in [-0.25, -0.2) is 0 Å². The molecule has 1 aliphatic rings. The van der Waals surface area contributed by atoms with Crippen LogP contribution in [0.1, 0.15) is 52.4 Å². The molecule has 4 nitrogen and oxygen atoms in total. The first kappa shape index (κ1) is 24.2. The van der Waals surface area contributed by atoms with E-state index >= 15 is 0 Å². The Balaban J connectivity index is 1.61. The van der Waals surface area contributed by atoms with Gasteiger partial charge in [-0.15, -0.1) is 0 Å². The second-order valence-electron chi connectivity index (χ2n) is 8.51. The Morgan fingerprint density at radius 1 is 1.15 bits per heavy atom. The van der Waals surface area contributed by atoms with Gasteiger partial charge in [-0.2, -0.15) is 13.2 Å². The Kier molecular flexibility index (Phi) is 7.24. The average Bonchev–Trinajstić information content (AvgIpc) is 3.08. The summed E-state index contributed by atoms with van der Waals surface area (Å²) < 4.78 is 39.2. The number of hydrogen-bond acceptors (Lipinski definition) is 3. The maximum Gasteiger partial charge on any atom is 0.417 e. The van der Waals surface area contributed by atoms with E-state index in [0.29, 0.717) is 22.4 Å². The van der Waals surface area contributed by atoms with Gasteiger partial charge in [-0.3, -0.25) is 9.78 Å². The van der Waals surface area contributed by atoms with Crippen molar-refractivity contribution in [1.82, 2.24) is 10.3 Å². The molecule has 0 bridgehead atoms. The van der Waals surface area contributed by atoms with Crippen molar-refractivity contribution in [1.29, 1.82) is 0 Å². The van der Waals surface area contributed by atoms with Gasteiger partial charge in [0.15, 0.2) is 0 Å². The molecular weight excluding hydrogens is 463 g/mol. The Labute approximate surface area is 201 Å². The van der Waals surface area contributed by atoms with Crippen LogP contribution in [0.4, 0.5) is 18.9 Å². The summed E-state index contributed by atoms with van der Waals surface area (Å²) in [7, 11) is 0.